The topological polar surface area (TPSA) is 58.2 Å². The third-order valence-corrected chi connectivity index (χ3v) is 4.90. The number of para-hydroxylation sites is 3. The van der Waals surface area contributed by atoms with E-state index in [0.29, 0.717) is 17.1 Å². The van der Waals surface area contributed by atoms with Crippen LogP contribution in [0, 0.1) is 0 Å². The average molecular weight is 363 g/mol. The van der Waals surface area contributed by atoms with Crippen molar-refractivity contribution in [2.45, 2.75) is 6.54 Å². The highest BCUT2D eigenvalue weighted by molar-refractivity contribution is 7.17. The molecule has 1 N–H and O–H groups in total. The fourth-order valence-electron chi connectivity index (χ4n) is 2.78. The van der Waals surface area contributed by atoms with Crippen molar-refractivity contribution in [1.29, 1.82) is 0 Å². The summed E-state index contributed by atoms with van der Waals surface area (Å²) in [4.78, 5) is 21.6. The van der Waals surface area contributed by atoms with Crippen molar-refractivity contribution >= 4 is 27.2 Å². The Hall–Kier alpha value is -3.12. The van der Waals surface area contributed by atoms with Crippen LogP contribution in [0.25, 0.3) is 10.2 Å². The molecule has 0 fully saturated rings. The Labute approximate surface area is 154 Å². The fourth-order valence-corrected chi connectivity index (χ4v) is 3.51. The first-order valence-electron chi connectivity index (χ1n) is 8.20. The van der Waals surface area contributed by atoms with E-state index in [1.807, 2.05) is 78.0 Å². The predicted molar refractivity (Wildman–Crippen MR) is 105 cm³/mol. The summed E-state index contributed by atoms with van der Waals surface area (Å²) in [6, 6.07) is 19.3. The zero-order chi connectivity index (χ0) is 17.9. The molecule has 0 unspecified atom stereocenters. The van der Waals surface area contributed by atoms with Crippen molar-refractivity contribution in [3.63, 3.8) is 0 Å². The molecular formula is C20H17N3O2S. The summed E-state index contributed by atoms with van der Waals surface area (Å²) in [6.45, 7) is 0.468. The molecule has 0 aliphatic rings. The molecule has 130 valence electrons. The number of anilines is 1. The molecule has 2 aromatic carbocycles. The molecule has 4 aromatic rings. The molecule has 0 spiro atoms. The number of rotatable bonds is 5. The van der Waals surface area contributed by atoms with E-state index in [9.17, 15) is 4.79 Å². The first-order chi connectivity index (χ1) is 12.7. The lowest BCUT2D eigenvalue weighted by atomic mass is 10.2. The first kappa shape index (κ1) is 16.4. The smallest absolute Gasteiger partial charge is 0.268 e. The Bertz CT molecular complexity index is 1090. The van der Waals surface area contributed by atoms with Crippen LogP contribution in [0.5, 0.6) is 11.5 Å². The van der Waals surface area contributed by atoms with E-state index in [4.69, 9.17) is 4.74 Å². The van der Waals surface area contributed by atoms with E-state index in [0.717, 1.165) is 22.7 Å². The molecule has 2 heterocycles. The molecule has 0 atom stereocenters. The molecule has 0 bridgehead atoms. The highest BCUT2D eigenvalue weighted by atomic mass is 32.1. The van der Waals surface area contributed by atoms with Crippen LogP contribution in [-0.2, 0) is 6.54 Å². The quantitative estimate of drug-likeness (QED) is 0.570. The Morgan fingerprint density at radius 1 is 1.08 bits per heavy atom. The molecular weight excluding hydrogens is 346 g/mol. The summed E-state index contributed by atoms with van der Waals surface area (Å²) in [6.07, 6.45) is 0. The Morgan fingerprint density at radius 3 is 2.69 bits per heavy atom. The van der Waals surface area contributed by atoms with Gasteiger partial charge in [0.2, 0.25) is 0 Å². The lowest BCUT2D eigenvalue weighted by Gasteiger charge is -2.21. The summed E-state index contributed by atoms with van der Waals surface area (Å²) in [5.41, 5.74) is 1.56. The summed E-state index contributed by atoms with van der Waals surface area (Å²) < 4.78 is 6.67. The van der Waals surface area contributed by atoms with Gasteiger partial charge < -0.3 is 14.6 Å². The predicted octanol–water partition coefficient (Wildman–Crippen LogP) is 4.41. The maximum absolute atomic E-state index is 12.2. The molecule has 0 saturated heterocycles. The third-order valence-electron chi connectivity index (χ3n) is 4.00. The van der Waals surface area contributed by atoms with Gasteiger partial charge in [0.15, 0.2) is 5.75 Å². The Balaban J connectivity index is 1.61. The first-order valence-corrected chi connectivity index (χ1v) is 9.08. The molecule has 0 aliphatic heterocycles. The van der Waals surface area contributed by atoms with Gasteiger partial charge in [-0.2, -0.15) is 0 Å². The van der Waals surface area contributed by atoms with Crippen LogP contribution in [0.4, 0.5) is 5.69 Å². The summed E-state index contributed by atoms with van der Waals surface area (Å²) in [5.74, 6) is 2.15. The van der Waals surface area contributed by atoms with Crippen LogP contribution in [-0.4, -0.2) is 17.0 Å². The minimum Gasteiger partial charge on any atom is -0.455 e. The summed E-state index contributed by atoms with van der Waals surface area (Å²) in [5, 5.41) is 1.88. The minimum atomic E-state index is -0.0952. The number of aromatic amines is 1. The van der Waals surface area contributed by atoms with Crippen molar-refractivity contribution in [2.75, 3.05) is 11.9 Å². The number of nitrogens with one attached hydrogen (secondary N) is 1. The molecule has 0 amide bonds. The molecule has 0 saturated carbocycles. The average Bonchev–Trinajstić information content (AvgIpc) is 3.12. The fraction of sp³-hybridized carbons (Fsp3) is 0.100. The molecule has 0 aliphatic carbocycles. The largest absolute Gasteiger partial charge is 0.455 e. The second kappa shape index (κ2) is 7.01. The van der Waals surface area contributed by atoms with Crippen LogP contribution >= 0.6 is 11.3 Å². The monoisotopic (exact) mass is 363 g/mol. The number of hydrogen-bond donors (Lipinski definition) is 1. The highest BCUT2D eigenvalue weighted by Crippen LogP contribution is 2.32. The van der Waals surface area contributed by atoms with E-state index >= 15 is 0 Å². The van der Waals surface area contributed by atoms with Crippen molar-refractivity contribution in [1.82, 2.24) is 9.97 Å². The van der Waals surface area contributed by atoms with Gasteiger partial charge in [-0.25, -0.2) is 4.98 Å². The van der Waals surface area contributed by atoms with E-state index in [2.05, 4.69) is 9.97 Å². The maximum atomic E-state index is 12.2. The number of nitrogens with zero attached hydrogens (tertiary/aromatic N) is 2. The van der Waals surface area contributed by atoms with E-state index in [1.54, 1.807) is 0 Å². The van der Waals surface area contributed by atoms with Gasteiger partial charge in [0.05, 0.1) is 17.7 Å². The lowest BCUT2D eigenvalue weighted by molar-refractivity contribution is 0.482. The molecule has 26 heavy (non-hydrogen) atoms. The summed E-state index contributed by atoms with van der Waals surface area (Å²) in [7, 11) is 1.95. The summed E-state index contributed by atoms with van der Waals surface area (Å²) >= 11 is 1.40. The van der Waals surface area contributed by atoms with Gasteiger partial charge >= 0.3 is 0 Å². The van der Waals surface area contributed by atoms with E-state index < -0.39 is 0 Å². The number of benzene rings is 2. The van der Waals surface area contributed by atoms with Crippen LogP contribution in [0.15, 0.2) is 70.8 Å². The Kier molecular flexibility index (Phi) is 4.41. The van der Waals surface area contributed by atoms with Gasteiger partial charge in [-0.15, -0.1) is 11.3 Å². The van der Waals surface area contributed by atoms with Gasteiger partial charge in [-0.3, -0.25) is 4.79 Å². The van der Waals surface area contributed by atoms with Crippen molar-refractivity contribution in [3.8, 4) is 11.5 Å². The normalized spacial score (nSPS) is 10.8. The molecule has 5 nitrogen and oxygen atoms in total. The van der Waals surface area contributed by atoms with E-state index in [-0.39, 0.29) is 5.56 Å². The second-order valence-corrected chi connectivity index (χ2v) is 6.80. The third kappa shape index (κ3) is 3.32. The minimum absolute atomic E-state index is 0.0952. The van der Waals surface area contributed by atoms with Crippen LogP contribution < -0.4 is 15.2 Å². The lowest BCUT2D eigenvalue weighted by Crippen LogP contribution is -2.21. The highest BCUT2D eigenvalue weighted by Gasteiger charge is 2.12. The zero-order valence-corrected chi connectivity index (χ0v) is 15.0. The van der Waals surface area contributed by atoms with E-state index in [1.165, 1.54) is 11.3 Å². The zero-order valence-electron chi connectivity index (χ0n) is 14.2. The number of thiophene rings is 1. The van der Waals surface area contributed by atoms with Crippen LogP contribution in [0.2, 0.25) is 0 Å². The van der Waals surface area contributed by atoms with Gasteiger partial charge in [0.25, 0.3) is 5.56 Å². The van der Waals surface area contributed by atoms with Crippen LogP contribution in [0.1, 0.15) is 5.82 Å². The van der Waals surface area contributed by atoms with Gasteiger partial charge in [0.1, 0.15) is 16.3 Å². The Morgan fingerprint density at radius 2 is 1.85 bits per heavy atom. The van der Waals surface area contributed by atoms with Crippen molar-refractivity contribution < 1.29 is 4.74 Å². The van der Waals surface area contributed by atoms with Gasteiger partial charge in [-0.1, -0.05) is 30.3 Å². The number of H-pyrrole nitrogens is 1. The molecule has 6 heteroatoms. The number of fused-ring (bicyclic) bond motifs is 1. The van der Waals surface area contributed by atoms with Gasteiger partial charge in [-0.05, 0) is 35.7 Å². The molecule has 2 aromatic heterocycles. The van der Waals surface area contributed by atoms with Crippen molar-refractivity contribution in [3.05, 3.63) is 82.2 Å². The number of ether oxygens (including phenoxy) is 1. The standard InChI is InChI=1S/C20H17N3O2S/c1-23(13-18-21-15-11-12-26-19(15)20(24)22-18)16-9-5-6-10-17(16)25-14-7-3-2-4-8-14/h2-12H,13H2,1H3,(H,21,22,24). The van der Waals surface area contributed by atoms with Gasteiger partial charge in [0, 0.05) is 7.05 Å². The van der Waals surface area contributed by atoms with Crippen molar-refractivity contribution in [2.24, 2.45) is 0 Å². The molecule has 0 radical (unpaired) electrons. The number of hydrogen-bond acceptors (Lipinski definition) is 5. The second-order valence-electron chi connectivity index (χ2n) is 5.89. The number of aromatic nitrogens is 2. The molecule has 4 rings (SSSR count). The van der Waals surface area contributed by atoms with Crippen LogP contribution in [0.3, 0.4) is 0 Å². The maximum Gasteiger partial charge on any atom is 0.268 e. The SMILES string of the molecule is CN(Cc1nc2ccsc2c(=O)[nH]1)c1ccccc1Oc1ccccc1.